The van der Waals surface area contributed by atoms with Crippen molar-refractivity contribution in [2.24, 2.45) is 5.41 Å². The van der Waals surface area contributed by atoms with Gasteiger partial charge in [0, 0.05) is 24.4 Å². The summed E-state index contributed by atoms with van der Waals surface area (Å²) in [5, 5.41) is 30.0. The Labute approximate surface area is 176 Å². The van der Waals surface area contributed by atoms with Crippen LogP contribution in [-0.4, -0.2) is 52.3 Å². The second-order valence-electron chi connectivity index (χ2n) is 9.18. The van der Waals surface area contributed by atoms with Crippen LogP contribution in [0, 0.1) is 10.8 Å². The third-order valence-corrected chi connectivity index (χ3v) is 7.20. The van der Waals surface area contributed by atoms with E-state index in [1.807, 2.05) is 12.1 Å². The number of aliphatic hydroxyl groups is 1. The molecule has 2 saturated carbocycles. The van der Waals surface area contributed by atoms with Crippen molar-refractivity contribution in [2.75, 3.05) is 30.0 Å². The summed E-state index contributed by atoms with van der Waals surface area (Å²) in [4.78, 5) is 7.10. The van der Waals surface area contributed by atoms with Crippen molar-refractivity contribution in [1.82, 2.24) is 15.2 Å². The lowest BCUT2D eigenvalue weighted by Crippen LogP contribution is -2.44. The van der Waals surface area contributed by atoms with E-state index < -0.39 is 5.60 Å². The molecule has 0 aromatic carbocycles. The number of rotatable bonds is 5. The summed E-state index contributed by atoms with van der Waals surface area (Å²) < 4.78 is 5.61. The standard InChI is InChI=1S/C22H30N6O2/c1-15-14-30-11-10-28(15)19-12-17(22(29)7-5-21(3-4-21)6-8-22)16(13-23)20(26-19)25-18-2-9-24-27-18/h2,9,12-13,15,23,29H,3-8,10-11,14H2,1H3,(H2,24,25,26,27)/t15-/m1/s1. The van der Waals surface area contributed by atoms with Crippen molar-refractivity contribution in [3.05, 3.63) is 29.5 Å². The second kappa shape index (κ2) is 7.35. The van der Waals surface area contributed by atoms with Crippen molar-refractivity contribution < 1.29 is 9.84 Å². The van der Waals surface area contributed by atoms with Crippen molar-refractivity contribution in [3.8, 4) is 0 Å². The van der Waals surface area contributed by atoms with E-state index in [1.54, 1.807) is 6.20 Å². The van der Waals surface area contributed by atoms with Crippen LogP contribution in [0.1, 0.15) is 56.6 Å². The quantitative estimate of drug-likeness (QED) is 0.563. The highest BCUT2D eigenvalue weighted by molar-refractivity contribution is 5.89. The molecule has 8 nitrogen and oxygen atoms in total. The molecule has 0 amide bonds. The summed E-state index contributed by atoms with van der Waals surface area (Å²) >= 11 is 0. The minimum atomic E-state index is -0.932. The summed E-state index contributed by atoms with van der Waals surface area (Å²) in [7, 11) is 0. The van der Waals surface area contributed by atoms with Gasteiger partial charge in [-0.15, -0.1) is 0 Å². The van der Waals surface area contributed by atoms with Gasteiger partial charge in [-0.3, -0.25) is 5.10 Å². The largest absolute Gasteiger partial charge is 0.385 e. The number of aromatic amines is 1. The molecule has 1 atom stereocenters. The zero-order valence-corrected chi connectivity index (χ0v) is 17.4. The highest BCUT2D eigenvalue weighted by Gasteiger charge is 2.50. The van der Waals surface area contributed by atoms with Gasteiger partial charge in [-0.2, -0.15) is 5.10 Å². The predicted molar refractivity (Wildman–Crippen MR) is 116 cm³/mol. The van der Waals surface area contributed by atoms with Crippen molar-refractivity contribution in [3.63, 3.8) is 0 Å². The van der Waals surface area contributed by atoms with Crippen LogP contribution < -0.4 is 10.2 Å². The van der Waals surface area contributed by atoms with Gasteiger partial charge in [-0.1, -0.05) is 0 Å². The second-order valence-corrected chi connectivity index (χ2v) is 9.18. The summed E-state index contributed by atoms with van der Waals surface area (Å²) in [5.41, 5.74) is 0.989. The van der Waals surface area contributed by atoms with E-state index in [1.165, 1.54) is 19.1 Å². The van der Waals surface area contributed by atoms with Gasteiger partial charge in [0.25, 0.3) is 0 Å². The Morgan fingerprint density at radius 1 is 1.30 bits per heavy atom. The minimum Gasteiger partial charge on any atom is -0.385 e. The Kier molecular flexibility index (Phi) is 4.78. The summed E-state index contributed by atoms with van der Waals surface area (Å²) in [5.74, 6) is 2.09. The van der Waals surface area contributed by atoms with Gasteiger partial charge < -0.3 is 25.5 Å². The number of aromatic nitrogens is 3. The number of nitrogens with one attached hydrogen (secondary N) is 3. The van der Waals surface area contributed by atoms with Crippen LogP contribution in [-0.2, 0) is 10.3 Å². The molecule has 3 fully saturated rings. The number of nitrogens with zero attached hydrogens (tertiary/aromatic N) is 3. The Balaban J connectivity index is 1.58. The molecule has 5 rings (SSSR count). The van der Waals surface area contributed by atoms with E-state index in [9.17, 15) is 5.11 Å². The van der Waals surface area contributed by atoms with Gasteiger partial charge in [0.05, 0.1) is 31.1 Å². The molecule has 3 heterocycles. The number of anilines is 3. The molecule has 1 aliphatic heterocycles. The van der Waals surface area contributed by atoms with Gasteiger partial charge in [0.2, 0.25) is 0 Å². The molecule has 30 heavy (non-hydrogen) atoms. The van der Waals surface area contributed by atoms with Gasteiger partial charge in [-0.05, 0) is 62.5 Å². The van der Waals surface area contributed by atoms with Gasteiger partial charge in [0.1, 0.15) is 17.5 Å². The molecule has 2 aliphatic carbocycles. The first-order valence-corrected chi connectivity index (χ1v) is 10.9. The van der Waals surface area contributed by atoms with Crippen LogP contribution in [0.25, 0.3) is 0 Å². The van der Waals surface area contributed by atoms with Crippen LogP contribution in [0.2, 0.25) is 0 Å². The van der Waals surface area contributed by atoms with E-state index in [4.69, 9.17) is 15.1 Å². The van der Waals surface area contributed by atoms with E-state index in [0.29, 0.717) is 35.8 Å². The van der Waals surface area contributed by atoms with Crippen molar-refractivity contribution >= 4 is 23.7 Å². The number of hydrogen-bond acceptors (Lipinski definition) is 7. The predicted octanol–water partition coefficient (Wildman–Crippen LogP) is 3.31. The van der Waals surface area contributed by atoms with E-state index in [-0.39, 0.29) is 6.04 Å². The first kappa shape index (κ1) is 19.5. The van der Waals surface area contributed by atoms with Crippen LogP contribution in [0.5, 0.6) is 0 Å². The molecule has 1 saturated heterocycles. The third kappa shape index (κ3) is 3.48. The Hall–Kier alpha value is -2.45. The number of pyridine rings is 1. The first-order valence-electron chi connectivity index (χ1n) is 10.9. The van der Waals surface area contributed by atoms with Crippen molar-refractivity contribution in [1.29, 1.82) is 5.41 Å². The van der Waals surface area contributed by atoms with Crippen LogP contribution in [0.3, 0.4) is 0 Å². The molecule has 0 radical (unpaired) electrons. The zero-order chi connectivity index (χ0) is 20.8. The number of morpholine rings is 1. The molecule has 0 bridgehead atoms. The fourth-order valence-corrected chi connectivity index (χ4v) is 4.98. The highest BCUT2D eigenvalue weighted by Crippen LogP contribution is 2.60. The van der Waals surface area contributed by atoms with Crippen LogP contribution >= 0.6 is 0 Å². The molecular formula is C22H30N6O2. The topological polar surface area (TPSA) is 110 Å². The molecule has 1 spiro atoms. The van der Waals surface area contributed by atoms with Gasteiger partial charge in [0.15, 0.2) is 0 Å². The zero-order valence-electron chi connectivity index (χ0n) is 17.4. The average Bonchev–Trinajstić information content (AvgIpc) is 3.33. The summed E-state index contributed by atoms with van der Waals surface area (Å²) in [6, 6.07) is 4.02. The number of hydrogen-bond donors (Lipinski definition) is 4. The lowest BCUT2D eigenvalue weighted by atomic mass is 9.72. The molecule has 2 aromatic rings. The fraction of sp³-hybridized carbons (Fsp3) is 0.591. The molecule has 8 heteroatoms. The smallest absolute Gasteiger partial charge is 0.143 e. The summed E-state index contributed by atoms with van der Waals surface area (Å²) in [6.45, 7) is 4.19. The maximum absolute atomic E-state index is 11.7. The molecular weight excluding hydrogens is 380 g/mol. The van der Waals surface area contributed by atoms with E-state index in [0.717, 1.165) is 43.6 Å². The monoisotopic (exact) mass is 410 g/mol. The molecule has 3 aliphatic rings. The lowest BCUT2D eigenvalue weighted by Gasteiger charge is -2.39. The SMILES string of the molecule is C[C@@H]1COCCN1c1cc(C2(O)CCC3(CC3)CC2)c(C=N)c(Nc2ccn[nH]2)n1. The Morgan fingerprint density at radius 3 is 2.70 bits per heavy atom. The Bertz CT molecular complexity index is 914. The average molecular weight is 411 g/mol. The molecule has 4 N–H and O–H groups in total. The van der Waals surface area contributed by atoms with Gasteiger partial charge >= 0.3 is 0 Å². The van der Waals surface area contributed by atoms with Crippen molar-refractivity contribution in [2.45, 2.75) is 57.1 Å². The number of ether oxygens (including phenoxy) is 1. The third-order valence-electron chi connectivity index (χ3n) is 7.20. The Morgan fingerprint density at radius 2 is 2.07 bits per heavy atom. The maximum Gasteiger partial charge on any atom is 0.143 e. The number of H-pyrrole nitrogens is 1. The molecule has 160 valence electrons. The van der Waals surface area contributed by atoms with Crippen LogP contribution in [0.4, 0.5) is 17.5 Å². The van der Waals surface area contributed by atoms with Crippen LogP contribution in [0.15, 0.2) is 18.3 Å². The van der Waals surface area contributed by atoms with Gasteiger partial charge in [-0.25, -0.2) is 4.98 Å². The first-order chi connectivity index (χ1) is 14.5. The van der Waals surface area contributed by atoms with E-state index in [2.05, 4.69) is 27.3 Å². The fourth-order valence-electron chi connectivity index (χ4n) is 4.98. The maximum atomic E-state index is 11.7. The minimum absolute atomic E-state index is 0.195. The lowest BCUT2D eigenvalue weighted by molar-refractivity contribution is -0.0186. The van der Waals surface area contributed by atoms with E-state index >= 15 is 0 Å². The highest BCUT2D eigenvalue weighted by atomic mass is 16.5. The summed E-state index contributed by atoms with van der Waals surface area (Å²) in [6.07, 6.45) is 9.14. The molecule has 2 aromatic heterocycles. The molecule has 0 unspecified atom stereocenters. The normalized spacial score (nSPS) is 24.6.